The normalized spacial score (nSPS) is 44.1. The second kappa shape index (κ2) is 8.05. The molecule has 31 heavy (non-hydrogen) atoms. The lowest BCUT2D eigenvalue weighted by Crippen LogP contribution is -2.50. The van der Waals surface area contributed by atoms with Gasteiger partial charge in [-0.1, -0.05) is 33.6 Å². The Kier molecular flexibility index (Phi) is 5.51. The SMILES string of the molecule is CC[C@@H]1C[C@H](C(=O)Cn2cc(C#N)cn2)[C@@]2(C)CCC3[C@H]4CC[C@H](C)C[C@H]4CC[C@H]3[C@H]12. The van der Waals surface area contributed by atoms with E-state index in [1.54, 1.807) is 17.1 Å². The van der Waals surface area contributed by atoms with Gasteiger partial charge in [0, 0.05) is 12.1 Å². The summed E-state index contributed by atoms with van der Waals surface area (Å²) in [6.07, 6.45) is 15.3. The van der Waals surface area contributed by atoms with Crippen molar-refractivity contribution in [2.45, 2.75) is 85.1 Å². The molecule has 1 aromatic heterocycles. The topological polar surface area (TPSA) is 58.7 Å². The number of hydrogen-bond acceptors (Lipinski definition) is 3. The van der Waals surface area contributed by atoms with Crippen LogP contribution in [0.5, 0.6) is 0 Å². The Morgan fingerprint density at radius 2 is 2.00 bits per heavy atom. The highest BCUT2D eigenvalue weighted by Gasteiger charge is 2.61. The minimum absolute atomic E-state index is 0.152. The van der Waals surface area contributed by atoms with Gasteiger partial charge in [-0.25, -0.2) is 0 Å². The van der Waals surface area contributed by atoms with Gasteiger partial charge in [0.05, 0.1) is 18.3 Å². The van der Waals surface area contributed by atoms with E-state index in [1.807, 2.05) is 0 Å². The van der Waals surface area contributed by atoms with Crippen molar-refractivity contribution in [3.63, 3.8) is 0 Å². The molecule has 1 unspecified atom stereocenters. The molecule has 4 aliphatic carbocycles. The van der Waals surface area contributed by atoms with Crippen LogP contribution in [0.1, 0.15) is 84.1 Å². The second-order valence-corrected chi connectivity index (χ2v) is 11.8. The Morgan fingerprint density at radius 1 is 1.19 bits per heavy atom. The number of nitriles is 1. The van der Waals surface area contributed by atoms with Crippen LogP contribution in [-0.4, -0.2) is 15.6 Å². The third-order valence-corrected chi connectivity index (χ3v) is 10.3. The van der Waals surface area contributed by atoms with Crippen molar-refractivity contribution in [2.75, 3.05) is 0 Å². The van der Waals surface area contributed by atoms with E-state index in [0.29, 0.717) is 23.8 Å². The number of carbonyl (C=O) groups is 1. The molecular formula is C27H39N3O. The fraction of sp³-hybridized carbons (Fsp3) is 0.815. The van der Waals surface area contributed by atoms with Crippen LogP contribution in [-0.2, 0) is 11.3 Å². The van der Waals surface area contributed by atoms with Gasteiger partial charge in [0.25, 0.3) is 0 Å². The Morgan fingerprint density at radius 3 is 2.74 bits per heavy atom. The molecule has 0 aliphatic heterocycles. The zero-order chi connectivity index (χ0) is 21.8. The van der Waals surface area contributed by atoms with E-state index in [0.717, 1.165) is 41.9 Å². The van der Waals surface area contributed by atoms with Crippen molar-refractivity contribution < 1.29 is 4.79 Å². The smallest absolute Gasteiger partial charge is 0.157 e. The van der Waals surface area contributed by atoms with Gasteiger partial charge in [0.15, 0.2) is 5.78 Å². The molecular weight excluding hydrogens is 382 g/mol. The summed E-state index contributed by atoms with van der Waals surface area (Å²) in [5, 5.41) is 13.3. The molecule has 9 atom stereocenters. The predicted molar refractivity (Wildman–Crippen MR) is 121 cm³/mol. The maximum Gasteiger partial charge on any atom is 0.157 e. The van der Waals surface area contributed by atoms with E-state index >= 15 is 0 Å². The minimum Gasteiger partial charge on any atom is -0.297 e. The molecule has 1 heterocycles. The van der Waals surface area contributed by atoms with Gasteiger partial charge in [-0.15, -0.1) is 0 Å². The summed E-state index contributed by atoms with van der Waals surface area (Å²) in [6.45, 7) is 7.59. The Bertz CT molecular complexity index is 868. The van der Waals surface area contributed by atoms with Crippen LogP contribution >= 0.6 is 0 Å². The van der Waals surface area contributed by atoms with Crippen LogP contribution in [0.15, 0.2) is 12.4 Å². The van der Waals surface area contributed by atoms with E-state index in [4.69, 9.17) is 5.26 Å². The number of hydrogen-bond donors (Lipinski definition) is 0. The zero-order valence-electron chi connectivity index (χ0n) is 19.6. The molecule has 4 aliphatic rings. The average Bonchev–Trinajstić information content (AvgIpc) is 3.34. The molecule has 0 spiro atoms. The molecule has 0 bridgehead atoms. The van der Waals surface area contributed by atoms with Gasteiger partial charge in [-0.3, -0.25) is 9.48 Å². The van der Waals surface area contributed by atoms with E-state index in [9.17, 15) is 4.79 Å². The Balaban J connectivity index is 1.37. The minimum atomic E-state index is 0.152. The van der Waals surface area contributed by atoms with E-state index in [-0.39, 0.29) is 11.3 Å². The first-order valence-corrected chi connectivity index (χ1v) is 12.9. The predicted octanol–water partition coefficient (Wildman–Crippen LogP) is 5.86. The molecule has 0 saturated heterocycles. The van der Waals surface area contributed by atoms with Crippen molar-refractivity contribution in [3.8, 4) is 6.07 Å². The van der Waals surface area contributed by atoms with Crippen molar-refractivity contribution in [1.29, 1.82) is 5.26 Å². The van der Waals surface area contributed by atoms with Crippen LogP contribution in [0.2, 0.25) is 0 Å². The molecule has 5 rings (SSSR count). The van der Waals surface area contributed by atoms with Gasteiger partial charge in [-0.05, 0) is 91.8 Å². The first kappa shape index (κ1) is 21.2. The number of aromatic nitrogens is 2. The quantitative estimate of drug-likeness (QED) is 0.611. The molecule has 4 fully saturated rings. The van der Waals surface area contributed by atoms with Gasteiger partial charge in [0.1, 0.15) is 6.07 Å². The van der Waals surface area contributed by atoms with E-state index in [1.165, 1.54) is 51.4 Å². The summed E-state index contributed by atoms with van der Waals surface area (Å²) in [6, 6.07) is 2.12. The summed E-state index contributed by atoms with van der Waals surface area (Å²) < 4.78 is 1.68. The lowest BCUT2D eigenvalue weighted by atomic mass is 9.48. The maximum absolute atomic E-state index is 13.5. The van der Waals surface area contributed by atoms with Crippen LogP contribution < -0.4 is 0 Å². The van der Waals surface area contributed by atoms with Crippen LogP contribution in [0.4, 0.5) is 0 Å². The molecule has 4 saturated carbocycles. The van der Waals surface area contributed by atoms with Crippen LogP contribution in [0.25, 0.3) is 0 Å². The van der Waals surface area contributed by atoms with Crippen molar-refractivity contribution in [2.24, 2.45) is 52.8 Å². The van der Waals surface area contributed by atoms with Gasteiger partial charge in [-0.2, -0.15) is 10.4 Å². The molecule has 0 N–H and O–H groups in total. The lowest BCUT2D eigenvalue weighted by Gasteiger charge is -2.57. The van der Waals surface area contributed by atoms with Crippen molar-refractivity contribution in [3.05, 3.63) is 18.0 Å². The fourth-order valence-electron chi connectivity index (χ4n) is 9.07. The molecule has 4 heteroatoms. The maximum atomic E-state index is 13.5. The molecule has 168 valence electrons. The third kappa shape index (κ3) is 3.47. The van der Waals surface area contributed by atoms with Gasteiger partial charge in [0.2, 0.25) is 0 Å². The summed E-state index contributed by atoms with van der Waals surface area (Å²) in [5.41, 5.74) is 0.688. The Labute approximate surface area is 187 Å². The number of fused-ring (bicyclic) bond motifs is 5. The Hall–Kier alpha value is -1.63. The first-order chi connectivity index (χ1) is 14.9. The largest absolute Gasteiger partial charge is 0.297 e. The fourth-order valence-corrected chi connectivity index (χ4v) is 9.07. The van der Waals surface area contributed by atoms with Crippen molar-refractivity contribution >= 4 is 5.78 Å². The van der Waals surface area contributed by atoms with Crippen molar-refractivity contribution in [1.82, 2.24) is 9.78 Å². The van der Waals surface area contributed by atoms with E-state index in [2.05, 4.69) is 31.9 Å². The summed E-state index contributed by atoms with van der Waals surface area (Å²) in [5.74, 6) is 6.52. The number of Topliss-reactive ketones (excluding diaryl/α,β-unsaturated/α-hetero) is 1. The first-order valence-electron chi connectivity index (χ1n) is 12.9. The standard InChI is InChI=1S/C27H39N3O/c1-4-19-12-24(25(31)16-30-15-18(13-28)14-29-30)27(3)10-9-22-21-7-5-17(2)11-20(21)6-8-23(22)26(19)27/h14-15,17,19-24,26H,4-12,16H2,1-3H3/t17-,19+,20+,21-,22?,23+,24+,26-,27+/m0/s1. The highest BCUT2D eigenvalue weighted by atomic mass is 16.1. The second-order valence-electron chi connectivity index (χ2n) is 11.8. The van der Waals surface area contributed by atoms with E-state index < -0.39 is 0 Å². The summed E-state index contributed by atoms with van der Waals surface area (Å²) in [7, 11) is 0. The molecule has 0 aromatic carbocycles. The zero-order valence-corrected chi connectivity index (χ0v) is 19.6. The lowest BCUT2D eigenvalue weighted by molar-refractivity contribution is -0.131. The number of carbonyl (C=O) groups excluding carboxylic acids is 1. The summed E-state index contributed by atoms with van der Waals surface area (Å²) >= 11 is 0. The monoisotopic (exact) mass is 421 g/mol. The highest BCUT2D eigenvalue weighted by molar-refractivity contribution is 5.82. The number of rotatable bonds is 4. The highest BCUT2D eigenvalue weighted by Crippen LogP contribution is 2.66. The van der Waals surface area contributed by atoms with Gasteiger partial charge < -0.3 is 0 Å². The number of nitrogens with zero attached hydrogens (tertiary/aromatic N) is 3. The summed E-state index contributed by atoms with van der Waals surface area (Å²) in [4.78, 5) is 13.5. The molecule has 1 aromatic rings. The average molecular weight is 422 g/mol. The number of ketones is 1. The molecule has 4 nitrogen and oxygen atoms in total. The van der Waals surface area contributed by atoms with Gasteiger partial charge >= 0.3 is 0 Å². The van der Waals surface area contributed by atoms with Crippen LogP contribution in [0, 0.1) is 64.1 Å². The molecule has 0 amide bonds. The molecule has 0 radical (unpaired) electrons. The third-order valence-electron chi connectivity index (χ3n) is 10.3. The van der Waals surface area contributed by atoms with Crippen LogP contribution in [0.3, 0.4) is 0 Å².